The van der Waals surface area contributed by atoms with E-state index in [0.717, 1.165) is 17.0 Å². The molecule has 0 aromatic heterocycles. The fourth-order valence-corrected chi connectivity index (χ4v) is 2.86. The van der Waals surface area contributed by atoms with Gasteiger partial charge in [0.2, 0.25) is 0 Å². The highest BCUT2D eigenvalue weighted by molar-refractivity contribution is 5.95. The number of anilines is 2. The summed E-state index contributed by atoms with van der Waals surface area (Å²) in [5.74, 6) is 0.422. The summed E-state index contributed by atoms with van der Waals surface area (Å²) in [4.78, 5) is 25.2. The van der Waals surface area contributed by atoms with Crippen LogP contribution in [-0.2, 0) is 0 Å². The van der Waals surface area contributed by atoms with Crippen molar-refractivity contribution in [3.8, 4) is 5.75 Å². The summed E-state index contributed by atoms with van der Waals surface area (Å²) < 4.78 is 5.65. The van der Waals surface area contributed by atoms with Crippen LogP contribution in [0.5, 0.6) is 5.75 Å². The first-order valence-corrected chi connectivity index (χ1v) is 9.49. The number of carbonyl (C=O) groups excluding carboxylic acids is 1. The van der Waals surface area contributed by atoms with Crippen LogP contribution < -0.4 is 10.1 Å². The van der Waals surface area contributed by atoms with E-state index in [1.165, 1.54) is 11.0 Å². The average Bonchev–Trinajstić information content (AvgIpc) is 2.75. The SMILES string of the molecule is Cc1ccc(OCCN(C)C(=O)c2ccc(Nc3ccccc3)c([N+](=O)[O-])c2)cc1. The van der Waals surface area contributed by atoms with Gasteiger partial charge in [-0.1, -0.05) is 35.9 Å². The molecule has 0 atom stereocenters. The predicted molar refractivity (Wildman–Crippen MR) is 116 cm³/mol. The van der Waals surface area contributed by atoms with Crippen LogP contribution >= 0.6 is 0 Å². The van der Waals surface area contributed by atoms with Crippen molar-refractivity contribution in [1.82, 2.24) is 4.90 Å². The fourth-order valence-electron chi connectivity index (χ4n) is 2.86. The zero-order valence-electron chi connectivity index (χ0n) is 16.9. The van der Waals surface area contributed by atoms with Crippen LogP contribution in [0.25, 0.3) is 0 Å². The summed E-state index contributed by atoms with van der Waals surface area (Å²) in [6.45, 7) is 2.67. The molecule has 3 aromatic rings. The van der Waals surface area contributed by atoms with Gasteiger partial charge in [0.25, 0.3) is 11.6 Å². The van der Waals surface area contributed by atoms with Crippen molar-refractivity contribution in [2.45, 2.75) is 6.92 Å². The number of rotatable bonds is 8. The number of aryl methyl sites for hydroxylation is 1. The van der Waals surface area contributed by atoms with Crippen molar-refractivity contribution in [3.63, 3.8) is 0 Å². The van der Waals surface area contributed by atoms with Gasteiger partial charge < -0.3 is 15.0 Å². The van der Waals surface area contributed by atoms with E-state index in [-0.39, 0.29) is 17.2 Å². The number of nitrogens with zero attached hydrogens (tertiary/aromatic N) is 2. The molecule has 30 heavy (non-hydrogen) atoms. The number of hydrogen-bond acceptors (Lipinski definition) is 5. The van der Waals surface area contributed by atoms with Gasteiger partial charge in [-0.05, 0) is 43.3 Å². The summed E-state index contributed by atoms with van der Waals surface area (Å²) in [6.07, 6.45) is 0. The Labute approximate surface area is 175 Å². The van der Waals surface area contributed by atoms with Crippen molar-refractivity contribution in [2.24, 2.45) is 0 Å². The molecule has 3 rings (SSSR count). The number of likely N-dealkylation sites (N-methyl/N-ethyl adjacent to an activating group) is 1. The van der Waals surface area contributed by atoms with E-state index < -0.39 is 4.92 Å². The smallest absolute Gasteiger partial charge is 0.293 e. The van der Waals surface area contributed by atoms with E-state index in [1.54, 1.807) is 19.2 Å². The standard InChI is InChI=1S/C23H23N3O4/c1-17-8-11-20(12-9-17)30-15-14-25(2)23(27)18-10-13-21(22(16-18)26(28)29)24-19-6-4-3-5-7-19/h3-13,16,24H,14-15H2,1-2H3. The van der Waals surface area contributed by atoms with Crippen LogP contribution in [-0.4, -0.2) is 35.9 Å². The Morgan fingerprint density at radius 3 is 2.43 bits per heavy atom. The monoisotopic (exact) mass is 405 g/mol. The number of nitro benzene ring substituents is 1. The Morgan fingerprint density at radius 1 is 1.07 bits per heavy atom. The molecule has 7 heteroatoms. The highest BCUT2D eigenvalue weighted by atomic mass is 16.6. The van der Waals surface area contributed by atoms with Crippen LogP contribution in [0.4, 0.5) is 17.1 Å². The van der Waals surface area contributed by atoms with Gasteiger partial charge in [-0.15, -0.1) is 0 Å². The lowest BCUT2D eigenvalue weighted by atomic mass is 10.1. The quantitative estimate of drug-likeness (QED) is 0.430. The zero-order chi connectivity index (χ0) is 21.5. The molecule has 0 fully saturated rings. The average molecular weight is 405 g/mol. The Bertz CT molecular complexity index is 1020. The van der Waals surface area contributed by atoms with Gasteiger partial charge in [0.1, 0.15) is 18.0 Å². The molecule has 0 bridgehead atoms. The summed E-state index contributed by atoms with van der Waals surface area (Å²) in [5.41, 5.74) is 2.28. The van der Waals surface area contributed by atoms with Gasteiger partial charge in [-0.25, -0.2) is 0 Å². The second-order valence-electron chi connectivity index (χ2n) is 6.87. The summed E-state index contributed by atoms with van der Waals surface area (Å²) >= 11 is 0. The van der Waals surface area contributed by atoms with Crippen molar-refractivity contribution < 1.29 is 14.5 Å². The maximum Gasteiger partial charge on any atom is 0.293 e. The second-order valence-corrected chi connectivity index (χ2v) is 6.87. The molecule has 0 radical (unpaired) electrons. The molecular formula is C23H23N3O4. The van der Waals surface area contributed by atoms with Crippen LogP contribution in [0.15, 0.2) is 72.8 Å². The third-order valence-electron chi connectivity index (χ3n) is 4.56. The number of benzene rings is 3. The highest BCUT2D eigenvalue weighted by Gasteiger charge is 2.20. The number of carbonyl (C=O) groups is 1. The Balaban J connectivity index is 1.66. The normalized spacial score (nSPS) is 10.3. The minimum atomic E-state index is -0.497. The molecule has 1 N–H and O–H groups in total. The predicted octanol–water partition coefficient (Wildman–Crippen LogP) is 4.80. The number of hydrogen-bond donors (Lipinski definition) is 1. The molecule has 154 valence electrons. The lowest BCUT2D eigenvalue weighted by molar-refractivity contribution is -0.383. The molecule has 1 amide bonds. The molecule has 0 aliphatic rings. The number of nitrogens with one attached hydrogen (secondary N) is 1. The fraction of sp³-hybridized carbons (Fsp3) is 0.174. The minimum Gasteiger partial charge on any atom is -0.492 e. The van der Waals surface area contributed by atoms with Gasteiger partial charge in [-0.3, -0.25) is 14.9 Å². The second kappa shape index (κ2) is 9.56. The molecule has 0 spiro atoms. The molecule has 0 unspecified atom stereocenters. The van der Waals surface area contributed by atoms with Crippen molar-refractivity contribution in [3.05, 3.63) is 94.0 Å². The molecule has 7 nitrogen and oxygen atoms in total. The molecule has 0 aliphatic heterocycles. The van der Waals surface area contributed by atoms with E-state index in [0.29, 0.717) is 18.8 Å². The first-order chi connectivity index (χ1) is 14.4. The Kier molecular flexibility index (Phi) is 6.64. The van der Waals surface area contributed by atoms with Gasteiger partial charge in [0.05, 0.1) is 11.5 Å². The summed E-state index contributed by atoms with van der Waals surface area (Å²) in [7, 11) is 1.64. The van der Waals surface area contributed by atoms with E-state index in [1.807, 2.05) is 61.5 Å². The van der Waals surface area contributed by atoms with E-state index >= 15 is 0 Å². The zero-order valence-corrected chi connectivity index (χ0v) is 16.9. The number of nitro groups is 1. The largest absolute Gasteiger partial charge is 0.492 e. The number of para-hydroxylation sites is 1. The maximum absolute atomic E-state index is 12.7. The first-order valence-electron chi connectivity index (χ1n) is 9.49. The Morgan fingerprint density at radius 2 is 1.77 bits per heavy atom. The van der Waals surface area contributed by atoms with Gasteiger partial charge in [-0.2, -0.15) is 0 Å². The summed E-state index contributed by atoms with van der Waals surface area (Å²) in [5, 5.41) is 14.5. The van der Waals surface area contributed by atoms with Crippen molar-refractivity contribution in [2.75, 3.05) is 25.5 Å². The lowest BCUT2D eigenvalue weighted by Crippen LogP contribution is -2.30. The molecular weight excluding hydrogens is 382 g/mol. The van der Waals surface area contributed by atoms with Crippen molar-refractivity contribution in [1.29, 1.82) is 0 Å². The Hall–Kier alpha value is -3.87. The van der Waals surface area contributed by atoms with Crippen molar-refractivity contribution >= 4 is 23.0 Å². The minimum absolute atomic E-state index is 0.158. The summed E-state index contributed by atoms with van der Waals surface area (Å²) in [6, 6.07) is 21.2. The molecule has 0 saturated heterocycles. The van der Waals surface area contributed by atoms with E-state index in [9.17, 15) is 14.9 Å². The van der Waals surface area contributed by atoms with Crippen LogP contribution in [0, 0.1) is 17.0 Å². The third kappa shape index (κ3) is 5.35. The van der Waals surface area contributed by atoms with Crippen LogP contribution in [0.2, 0.25) is 0 Å². The molecule has 0 aliphatic carbocycles. The van der Waals surface area contributed by atoms with E-state index in [2.05, 4.69) is 5.32 Å². The lowest BCUT2D eigenvalue weighted by Gasteiger charge is -2.18. The third-order valence-corrected chi connectivity index (χ3v) is 4.56. The number of ether oxygens (including phenoxy) is 1. The molecule has 0 heterocycles. The van der Waals surface area contributed by atoms with E-state index in [4.69, 9.17) is 4.74 Å². The van der Waals surface area contributed by atoms with Gasteiger partial charge in [0, 0.05) is 24.4 Å². The molecule has 3 aromatic carbocycles. The van der Waals surface area contributed by atoms with Gasteiger partial charge >= 0.3 is 0 Å². The number of amides is 1. The van der Waals surface area contributed by atoms with Gasteiger partial charge in [0.15, 0.2) is 0 Å². The van der Waals surface area contributed by atoms with Crippen LogP contribution in [0.3, 0.4) is 0 Å². The van der Waals surface area contributed by atoms with Crippen LogP contribution in [0.1, 0.15) is 15.9 Å². The highest BCUT2D eigenvalue weighted by Crippen LogP contribution is 2.29. The maximum atomic E-state index is 12.7. The molecule has 0 saturated carbocycles. The first kappa shape index (κ1) is 20.9. The topological polar surface area (TPSA) is 84.7 Å².